The van der Waals surface area contributed by atoms with Crippen molar-refractivity contribution in [3.8, 4) is 0 Å². The van der Waals surface area contributed by atoms with Crippen molar-refractivity contribution >= 4 is 16.6 Å². The van der Waals surface area contributed by atoms with Crippen LogP contribution >= 0.6 is 0 Å². The Labute approximate surface area is 130 Å². The van der Waals surface area contributed by atoms with E-state index in [1.807, 2.05) is 33.8 Å². The molecule has 0 saturated carbocycles. The summed E-state index contributed by atoms with van der Waals surface area (Å²) in [6, 6.07) is 6.16. The highest BCUT2D eigenvalue weighted by atomic mass is 16.4. The normalized spacial score (nSPS) is 12.9. The van der Waals surface area contributed by atoms with Crippen LogP contribution in [0.4, 0.5) is 0 Å². The number of aryl methyl sites for hydroxylation is 2. The minimum Gasteiger partial charge on any atom is -0.411 e. The first-order valence-electron chi connectivity index (χ1n) is 7.63. The molecule has 0 saturated heterocycles. The Kier molecular flexibility index (Phi) is 4.40. The highest BCUT2D eigenvalue weighted by molar-refractivity contribution is 5.92. The summed E-state index contributed by atoms with van der Waals surface area (Å²) in [5.74, 6) is 0. The molecule has 0 aliphatic rings. The van der Waals surface area contributed by atoms with Gasteiger partial charge in [-0.05, 0) is 30.5 Å². The monoisotopic (exact) mass is 300 g/mol. The van der Waals surface area contributed by atoms with Gasteiger partial charge in [0.15, 0.2) is 0 Å². The van der Waals surface area contributed by atoms with E-state index < -0.39 is 0 Å². The van der Waals surface area contributed by atoms with E-state index in [9.17, 15) is 10.0 Å². The molecule has 1 heterocycles. The van der Waals surface area contributed by atoms with E-state index in [4.69, 9.17) is 0 Å². The zero-order chi connectivity index (χ0) is 16.5. The van der Waals surface area contributed by atoms with Crippen LogP contribution < -0.4 is 5.56 Å². The second-order valence-electron chi connectivity index (χ2n) is 6.76. The number of nitrogens with zero attached hydrogens (tertiary/aromatic N) is 1. The molecule has 2 N–H and O–H groups in total. The summed E-state index contributed by atoms with van der Waals surface area (Å²) in [4.78, 5) is 15.4. The summed E-state index contributed by atoms with van der Waals surface area (Å²) >= 11 is 0. The maximum atomic E-state index is 12.4. The Morgan fingerprint density at radius 3 is 2.55 bits per heavy atom. The number of pyridine rings is 1. The molecule has 0 radical (unpaired) electrons. The molecule has 0 aliphatic carbocycles. The van der Waals surface area contributed by atoms with Gasteiger partial charge < -0.3 is 10.2 Å². The molecule has 4 nitrogen and oxygen atoms in total. The molecule has 0 fully saturated rings. The van der Waals surface area contributed by atoms with Crippen molar-refractivity contribution in [2.24, 2.45) is 10.6 Å². The predicted molar refractivity (Wildman–Crippen MR) is 91.1 cm³/mol. The van der Waals surface area contributed by atoms with Crippen LogP contribution in [-0.4, -0.2) is 15.9 Å². The van der Waals surface area contributed by atoms with Crippen molar-refractivity contribution in [3.63, 3.8) is 0 Å². The van der Waals surface area contributed by atoms with Gasteiger partial charge in [0.1, 0.15) is 0 Å². The first kappa shape index (κ1) is 16.3. The average Bonchev–Trinajstić information content (AvgIpc) is 2.45. The third kappa shape index (κ3) is 3.06. The molecule has 118 valence electrons. The summed E-state index contributed by atoms with van der Waals surface area (Å²) in [5, 5.41) is 13.7. The van der Waals surface area contributed by atoms with E-state index in [0.29, 0.717) is 17.7 Å². The number of oxime groups is 1. The molecule has 0 atom stereocenters. The average molecular weight is 300 g/mol. The smallest absolute Gasteiger partial charge is 0.252 e. The van der Waals surface area contributed by atoms with Crippen LogP contribution in [0, 0.1) is 12.3 Å². The van der Waals surface area contributed by atoms with Crippen molar-refractivity contribution in [2.45, 2.75) is 47.5 Å². The van der Waals surface area contributed by atoms with Gasteiger partial charge in [0.05, 0.1) is 5.71 Å². The molecule has 1 aromatic carbocycles. The third-order valence-electron chi connectivity index (χ3n) is 4.20. The second kappa shape index (κ2) is 5.95. The Morgan fingerprint density at radius 1 is 1.32 bits per heavy atom. The maximum Gasteiger partial charge on any atom is 0.252 e. The number of aromatic amines is 1. The number of hydrogen-bond donors (Lipinski definition) is 2. The van der Waals surface area contributed by atoms with Crippen molar-refractivity contribution < 1.29 is 5.21 Å². The van der Waals surface area contributed by atoms with Crippen LogP contribution in [-0.2, 0) is 12.8 Å². The van der Waals surface area contributed by atoms with Crippen LogP contribution in [0.3, 0.4) is 0 Å². The number of H-pyrrole nitrogens is 1. The zero-order valence-corrected chi connectivity index (χ0v) is 13.9. The van der Waals surface area contributed by atoms with Crippen LogP contribution in [0.5, 0.6) is 0 Å². The molecule has 0 unspecified atom stereocenters. The van der Waals surface area contributed by atoms with Gasteiger partial charge in [-0.1, -0.05) is 45.0 Å². The number of nitrogens with one attached hydrogen (secondary N) is 1. The van der Waals surface area contributed by atoms with Gasteiger partial charge in [-0.2, -0.15) is 0 Å². The molecule has 0 amide bonds. The number of aromatic nitrogens is 1. The van der Waals surface area contributed by atoms with Crippen LogP contribution in [0.2, 0.25) is 0 Å². The molecule has 1 aromatic heterocycles. The standard InChI is InChI=1S/C18H24N2O2/c1-6-12-7-8-13-11(2)14(17(21)19-15(13)9-12)10-16(20-22)18(3,4)5/h7-9,22H,6,10H2,1-5H3,(H,19,21). The lowest BCUT2D eigenvalue weighted by molar-refractivity contribution is 0.309. The van der Waals surface area contributed by atoms with Gasteiger partial charge in [0, 0.05) is 28.3 Å². The Bertz CT molecular complexity index is 780. The molecular weight excluding hydrogens is 276 g/mol. The topological polar surface area (TPSA) is 65.5 Å². The highest BCUT2D eigenvalue weighted by Crippen LogP contribution is 2.23. The lowest BCUT2D eigenvalue weighted by atomic mass is 9.85. The number of fused-ring (bicyclic) bond motifs is 1. The minimum atomic E-state index is -0.283. The summed E-state index contributed by atoms with van der Waals surface area (Å²) in [7, 11) is 0. The molecule has 2 rings (SSSR count). The van der Waals surface area contributed by atoms with E-state index in [1.165, 1.54) is 5.56 Å². The second-order valence-corrected chi connectivity index (χ2v) is 6.76. The summed E-state index contributed by atoms with van der Waals surface area (Å²) < 4.78 is 0. The highest BCUT2D eigenvalue weighted by Gasteiger charge is 2.22. The van der Waals surface area contributed by atoms with Gasteiger partial charge in [-0.3, -0.25) is 4.79 Å². The zero-order valence-electron chi connectivity index (χ0n) is 13.9. The van der Waals surface area contributed by atoms with E-state index in [2.05, 4.69) is 29.2 Å². The molecule has 0 aliphatic heterocycles. The fraction of sp³-hybridized carbons (Fsp3) is 0.444. The van der Waals surface area contributed by atoms with Crippen molar-refractivity contribution in [1.29, 1.82) is 0 Å². The van der Waals surface area contributed by atoms with Crippen LogP contribution in [0.1, 0.15) is 44.4 Å². The van der Waals surface area contributed by atoms with Crippen LogP contribution in [0.15, 0.2) is 28.1 Å². The predicted octanol–water partition coefficient (Wildman–Crippen LogP) is 3.82. The maximum absolute atomic E-state index is 12.4. The molecule has 0 bridgehead atoms. The lowest BCUT2D eigenvalue weighted by Crippen LogP contribution is -2.27. The van der Waals surface area contributed by atoms with E-state index >= 15 is 0 Å². The van der Waals surface area contributed by atoms with Gasteiger partial charge in [0.2, 0.25) is 0 Å². The van der Waals surface area contributed by atoms with Gasteiger partial charge >= 0.3 is 0 Å². The molecule has 22 heavy (non-hydrogen) atoms. The molecule has 4 heteroatoms. The van der Waals surface area contributed by atoms with Gasteiger partial charge in [-0.15, -0.1) is 0 Å². The Balaban J connectivity index is 2.59. The van der Waals surface area contributed by atoms with Crippen molar-refractivity contribution in [1.82, 2.24) is 4.98 Å². The quantitative estimate of drug-likeness (QED) is 0.514. The Hall–Kier alpha value is -2.10. The van der Waals surface area contributed by atoms with E-state index in [-0.39, 0.29) is 11.0 Å². The number of hydrogen-bond acceptors (Lipinski definition) is 3. The molecule has 0 spiro atoms. The summed E-state index contributed by atoms with van der Waals surface area (Å²) in [5.41, 5.74) is 3.89. The van der Waals surface area contributed by atoms with Crippen molar-refractivity contribution in [2.75, 3.05) is 0 Å². The fourth-order valence-corrected chi connectivity index (χ4v) is 2.60. The number of benzene rings is 1. The molecular formula is C18H24N2O2. The third-order valence-corrected chi connectivity index (χ3v) is 4.20. The largest absolute Gasteiger partial charge is 0.411 e. The SMILES string of the molecule is CCc1ccc2c(C)c(CC(=NO)C(C)(C)C)c(=O)[nH]c2c1. The van der Waals surface area contributed by atoms with Crippen molar-refractivity contribution in [3.05, 3.63) is 45.2 Å². The lowest BCUT2D eigenvalue weighted by Gasteiger charge is -2.20. The summed E-state index contributed by atoms with van der Waals surface area (Å²) in [6.07, 6.45) is 1.29. The van der Waals surface area contributed by atoms with Crippen LogP contribution in [0.25, 0.3) is 10.9 Å². The Morgan fingerprint density at radius 2 is 2.00 bits per heavy atom. The van der Waals surface area contributed by atoms with E-state index in [0.717, 1.165) is 22.9 Å². The number of rotatable bonds is 3. The van der Waals surface area contributed by atoms with E-state index in [1.54, 1.807) is 0 Å². The van der Waals surface area contributed by atoms with Gasteiger partial charge in [-0.25, -0.2) is 0 Å². The molecule has 2 aromatic rings. The van der Waals surface area contributed by atoms with Gasteiger partial charge in [0.25, 0.3) is 5.56 Å². The fourth-order valence-electron chi connectivity index (χ4n) is 2.60. The first-order chi connectivity index (χ1) is 10.3. The summed E-state index contributed by atoms with van der Waals surface area (Å²) in [6.45, 7) is 9.96. The first-order valence-corrected chi connectivity index (χ1v) is 7.63. The minimum absolute atomic E-state index is 0.108.